The van der Waals surface area contributed by atoms with E-state index in [0.717, 1.165) is 22.8 Å². The molecule has 2 rings (SSSR count). The first kappa shape index (κ1) is 20.6. The first-order chi connectivity index (χ1) is 12.8. The third kappa shape index (κ3) is 5.66. The fraction of sp³-hybridized carbons (Fsp3) is 0.125. The van der Waals surface area contributed by atoms with E-state index in [1.54, 1.807) is 18.2 Å². The smallest absolute Gasteiger partial charge is 0.277 e. The maximum absolute atomic E-state index is 11.8. The van der Waals surface area contributed by atoms with E-state index < -0.39 is 10.8 Å². The highest BCUT2D eigenvalue weighted by molar-refractivity contribution is 9.10. The second-order valence-corrected chi connectivity index (χ2v) is 6.77. The van der Waals surface area contributed by atoms with Gasteiger partial charge in [-0.25, -0.2) is 5.43 Å². The molecule has 0 aromatic heterocycles. The van der Waals surface area contributed by atoms with Gasteiger partial charge in [0.1, 0.15) is 5.75 Å². The standard InChI is InChI=1S/C16H13Br2N3O6/c1-26-14-5-10(17)2-3-13(14)27-8-15(22)20-19-7-9-4-11(21(24)25)6-12(18)16(9)23/h2-7,23H,8H2,1H3,(H,20,22)/b19-7-. The number of benzene rings is 2. The van der Waals surface area contributed by atoms with E-state index in [1.807, 2.05) is 0 Å². The van der Waals surface area contributed by atoms with Crippen molar-refractivity contribution in [3.8, 4) is 17.2 Å². The van der Waals surface area contributed by atoms with Crippen molar-refractivity contribution in [1.29, 1.82) is 0 Å². The zero-order valence-electron chi connectivity index (χ0n) is 13.8. The Morgan fingerprint density at radius 1 is 1.33 bits per heavy atom. The van der Waals surface area contributed by atoms with Gasteiger partial charge in [0.25, 0.3) is 11.6 Å². The number of non-ortho nitro benzene ring substituents is 1. The number of nitrogens with one attached hydrogen (secondary N) is 1. The predicted molar refractivity (Wildman–Crippen MR) is 104 cm³/mol. The van der Waals surface area contributed by atoms with Crippen molar-refractivity contribution in [3.05, 3.63) is 55.0 Å². The number of amides is 1. The van der Waals surface area contributed by atoms with E-state index in [0.29, 0.717) is 11.5 Å². The number of methoxy groups -OCH3 is 1. The van der Waals surface area contributed by atoms with Crippen molar-refractivity contribution in [3.63, 3.8) is 0 Å². The molecular weight excluding hydrogens is 490 g/mol. The normalized spacial score (nSPS) is 10.6. The molecule has 0 atom stereocenters. The molecule has 0 radical (unpaired) electrons. The zero-order chi connectivity index (χ0) is 20.0. The van der Waals surface area contributed by atoms with Gasteiger partial charge in [-0.05, 0) is 34.1 Å². The predicted octanol–water partition coefficient (Wildman–Crippen LogP) is 3.36. The molecule has 0 spiro atoms. The number of phenolic OH excluding ortho intramolecular Hbond substituents is 1. The Hall–Kier alpha value is -2.66. The minimum Gasteiger partial charge on any atom is -0.506 e. The van der Waals surface area contributed by atoms with Gasteiger partial charge in [-0.3, -0.25) is 14.9 Å². The summed E-state index contributed by atoms with van der Waals surface area (Å²) in [5.41, 5.74) is 2.03. The van der Waals surface area contributed by atoms with Crippen molar-refractivity contribution in [2.24, 2.45) is 5.10 Å². The lowest BCUT2D eigenvalue weighted by atomic mass is 10.2. The van der Waals surface area contributed by atoms with Gasteiger partial charge in [0.2, 0.25) is 0 Å². The van der Waals surface area contributed by atoms with Gasteiger partial charge in [-0.2, -0.15) is 5.10 Å². The van der Waals surface area contributed by atoms with Crippen LogP contribution in [0.2, 0.25) is 0 Å². The van der Waals surface area contributed by atoms with Crippen LogP contribution < -0.4 is 14.9 Å². The fourth-order valence-electron chi connectivity index (χ4n) is 1.92. The Bertz CT molecular complexity index is 904. The molecule has 1 amide bonds. The Morgan fingerprint density at radius 3 is 2.74 bits per heavy atom. The van der Waals surface area contributed by atoms with Crippen LogP contribution in [0.4, 0.5) is 5.69 Å². The van der Waals surface area contributed by atoms with Gasteiger partial charge in [0.15, 0.2) is 18.1 Å². The van der Waals surface area contributed by atoms with Crippen molar-refractivity contribution in [1.82, 2.24) is 5.43 Å². The number of nitrogens with zero attached hydrogens (tertiary/aromatic N) is 2. The van der Waals surface area contributed by atoms with Crippen LogP contribution in [0.3, 0.4) is 0 Å². The molecule has 0 bridgehead atoms. The molecule has 27 heavy (non-hydrogen) atoms. The largest absolute Gasteiger partial charge is 0.506 e. The Morgan fingerprint density at radius 2 is 2.07 bits per heavy atom. The van der Waals surface area contributed by atoms with Crippen LogP contribution >= 0.6 is 31.9 Å². The van der Waals surface area contributed by atoms with Crippen molar-refractivity contribution < 1.29 is 24.3 Å². The average Bonchev–Trinajstić information content (AvgIpc) is 2.63. The molecule has 2 aromatic carbocycles. The number of phenols is 1. The van der Waals surface area contributed by atoms with Gasteiger partial charge < -0.3 is 14.6 Å². The van der Waals surface area contributed by atoms with Gasteiger partial charge in [-0.15, -0.1) is 0 Å². The maximum atomic E-state index is 11.8. The van der Waals surface area contributed by atoms with E-state index in [2.05, 4.69) is 42.4 Å². The second kappa shape index (κ2) is 9.33. The summed E-state index contributed by atoms with van der Waals surface area (Å²) in [4.78, 5) is 22.1. The molecule has 142 valence electrons. The molecule has 0 unspecified atom stereocenters. The van der Waals surface area contributed by atoms with E-state index in [4.69, 9.17) is 9.47 Å². The molecule has 0 saturated carbocycles. The Kier molecular flexibility index (Phi) is 7.13. The summed E-state index contributed by atoms with van der Waals surface area (Å²) in [5, 5.41) is 24.4. The quantitative estimate of drug-likeness (QED) is 0.340. The number of halogens is 2. The van der Waals surface area contributed by atoms with E-state index in [9.17, 15) is 20.0 Å². The van der Waals surface area contributed by atoms with Crippen molar-refractivity contribution >= 4 is 49.7 Å². The number of ether oxygens (including phenoxy) is 2. The van der Waals surface area contributed by atoms with Gasteiger partial charge >= 0.3 is 0 Å². The van der Waals surface area contributed by atoms with Crippen LogP contribution in [-0.4, -0.2) is 35.9 Å². The highest BCUT2D eigenvalue weighted by Gasteiger charge is 2.14. The number of hydrogen-bond donors (Lipinski definition) is 2. The molecule has 0 heterocycles. The second-order valence-electron chi connectivity index (χ2n) is 5.00. The number of nitro groups is 1. The molecule has 11 heteroatoms. The van der Waals surface area contributed by atoms with Gasteiger partial charge in [0.05, 0.1) is 22.7 Å². The van der Waals surface area contributed by atoms with Crippen LogP contribution in [0.5, 0.6) is 17.2 Å². The number of nitro benzene ring substituents is 1. The van der Waals surface area contributed by atoms with Crippen LogP contribution in [0.25, 0.3) is 0 Å². The first-order valence-electron chi connectivity index (χ1n) is 7.27. The third-order valence-electron chi connectivity index (χ3n) is 3.17. The number of hydrogen-bond acceptors (Lipinski definition) is 7. The van der Waals surface area contributed by atoms with Crippen LogP contribution in [0.1, 0.15) is 5.56 Å². The van der Waals surface area contributed by atoms with Gasteiger partial charge in [0, 0.05) is 22.2 Å². The summed E-state index contributed by atoms with van der Waals surface area (Å²) >= 11 is 6.32. The molecule has 0 aliphatic rings. The highest BCUT2D eigenvalue weighted by atomic mass is 79.9. The molecule has 0 aliphatic heterocycles. The van der Waals surface area contributed by atoms with E-state index in [-0.39, 0.29) is 28.1 Å². The monoisotopic (exact) mass is 501 g/mol. The number of carbonyl (C=O) groups excluding carboxylic acids is 1. The molecular formula is C16H13Br2N3O6. The van der Waals surface area contributed by atoms with Crippen LogP contribution in [0.15, 0.2) is 44.4 Å². The molecule has 0 fully saturated rings. The number of hydrazone groups is 1. The average molecular weight is 503 g/mol. The third-order valence-corrected chi connectivity index (χ3v) is 4.26. The first-order valence-corrected chi connectivity index (χ1v) is 8.85. The lowest BCUT2D eigenvalue weighted by Crippen LogP contribution is -2.24. The van der Waals surface area contributed by atoms with E-state index >= 15 is 0 Å². The maximum Gasteiger partial charge on any atom is 0.277 e. The molecule has 2 N–H and O–H groups in total. The van der Waals surface area contributed by atoms with Crippen LogP contribution in [-0.2, 0) is 4.79 Å². The number of rotatable bonds is 7. The number of aromatic hydroxyl groups is 1. The molecule has 2 aromatic rings. The highest BCUT2D eigenvalue weighted by Crippen LogP contribution is 2.31. The van der Waals surface area contributed by atoms with Crippen molar-refractivity contribution in [2.45, 2.75) is 0 Å². The summed E-state index contributed by atoms with van der Waals surface area (Å²) < 4.78 is 11.4. The lowest BCUT2D eigenvalue weighted by Gasteiger charge is -2.10. The summed E-state index contributed by atoms with van der Waals surface area (Å²) in [7, 11) is 1.47. The Balaban J connectivity index is 1.99. The summed E-state index contributed by atoms with van der Waals surface area (Å²) in [6.07, 6.45) is 1.09. The lowest BCUT2D eigenvalue weighted by molar-refractivity contribution is -0.385. The van der Waals surface area contributed by atoms with Crippen LogP contribution in [0, 0.1) is 10.1 Å². The SMILES string of the molecule is COc1cc(Br)ccc1OCC(=O)N/N=C\c1cc([N+](=O)[O-])cc(Br)c1O. The molecule has 9 nitrogen and oxygen atoms in total. The number of carbonyl (C=O) groups is 1. The van der Waals surface area contributed by atoms with E-state index in [1.165, 1.54) is 7.11 Å². The van der Waals surface area contributed by atoms with Gasteiger partial charge in [-0.1, -0.05) is 15.9 Å². The zero-order valence-corrected chi connectivity index (χ0v) is 17.0. The Labute approximate surface area is 170 Å². The summed E-state index contributed by atoms with van der Waals surface area (Å²) in [6.45, 7) is -0.333. The summed E-state index contributed by atoms with van der Waals surface area (Å²) in [5.74, 6) is 0.0155. The fourth-order valence-corrected chi connectivity index (χ4v) is 2.72. The summed E-state index contributed by atoms with van der Waals surface area (Å²) in [6, 6.07) is 7.34. The minimum absolute atomic E-state index is 0.0619. The molecule has 0 saturated heterocycles. The topological polar surface area (TPSA) is 123 Å². The van der Waals surface area contributed by atoms with Crippen molar-refractivity contribution in [2.75, 3.05) is 13.7 Å². The minimum atomic E-state index is -0.612. The molecule has 0 aliphatic carbocycles.